The topological polar surface area (TPSA) is 96.0 Å². The van der Waals surface area contributed by atoms with Gasteiger partial charge in [-0.3, -0.25) is 13.9 Å². The molecule has 2 amide bonds. The normalized spacial score (nSPS) is 11.8. The van der Waals surface area contributed by atoms with Crippen molar-refractivity contribution in [1.82, 2.24) is 10.2 Å². The summed E-state index contributed by atoms with van der Waals surface area (Å²) in [7, 11) is -2.78. The fourth-order valence-corrected chi connectivity index (χ4v) is 6.75. The number of likely N-dealkylation sites (N-methyl/N-ethyl adjacent to an activating group) is 1. The number of carbonyl (C=O) groups excluding carboxylic acids is 2. The number of carbonyl (C=O) groups is 2. The van der Waals surface area contributed by atoms with Crippen molar-refractivity contribution in [2.45, 2.75) is 37.8 Å². The van der Waals surface area contributed by atoms with Crippen molar-refractivity contribution >= 4 is 50.7 Å². The molecule has 0 heterocycles. The van der Waals surface area contributed by atoms with Crippen molar-refractivity contribution in [3.05, 3.63) is 124 Å². The second-order valence-electron chi connectivity index (χ2n) is 10.3. The first-order valence-electron chi connectivity index (χ1n) is 14.3. The Morgan fingerprint density at radius 2 is 1.53 bits per heavy atom. The van der Waals surface area contributed by atoms with E-state index in [0.717, 1.165) is 15.4 Å². The third-order valence-electron chi connectivity index (χ3n) is 7.24. The van der Waals surface area contributed by atoms with Crippen LogP contribution >= 0.6 is 23.2 Å². The Bertz CT molecular complexity index is 1710. The summed E-state index contributed by atoms with van der Waals surface area (Å²) < 4.78 is 34.7. The van der Waals surface area contributed by atoms with Crippen LogP contribution in [0.2, 0.25) is 10.0 Å². The molecule has 4 rings (SSSR count). The second kappa shape index (κ2) is 15.3. The highest BCUT2D eigenvalue weighted by Gasteiger charge is 2.35. The molecular weight excluding hydrogens is 633 g/mol. The number of amides is 2. The minimum absolute atomic E-state index is 0.00831. The highest BCUT2D eigenvalue weighted by Crippen LogP contribution is 2.30. The standard InChI is InChI=1S/C34H35Cl2N3O5S/c1-4-37-34(41)32(20-25-10-6-5-7-11-25)38(22-29-30(35)14-9-15-31(29)36)33(40)23-39(26-12-8-13-27(21-26)44-3)45(42,43)28-18-16-24(2)17-19-28/h5-19,21,32H,4,20,22-23H2,1-3H3,(H,37,41)/t32-/m0/s1. The van der Waals surface area contributed by atoms with Gasteiger partial charge in [0.1, 0.15) is 18.3 Å². The van der Waals surface area contributed by atoms with Gasteiger partial charge in [-0.25, -0.2) is 8.42 Å². The highest BCUT2D eigenvalue weighted by molar-refractivity contribution is 7.92. The Kier molecular flexibility index (Phi) is 11.5. The third-order valence-corrected chi connectivity index (χ3v) is 9.74. The molecule has 0 unspecified atom stereocenters. The van der Waals surface area contributed by atoms with Crippen molar-refractivity contribution in [2.75, 3.05) is 24.5 Å². The number of hydrogen-bond acceptors (Lipinski definition) is 5. The molecule has 4 aromatic rings. The molecule has 0 radical (unpaired) electrons. The zero-order valence-electron chi connectivity index (χ0n) is 25.2. The number of nitrogens with one attached hydrogen (secondary N) is 1. The van der Waals surface area contributed by atoms with E-state index in [4.69, 9.17) is 27.9 Å². The Morgan fingerprint density at radius 3 is 2.16 bits per heavy atom. The molecule has 8 nitrogen and oxygen atoms in total. The van der Waals surface area contributed by atoms with Gasteiger partial charge >= 0.3 is 0 Å². The van der Waals surface area contributed by atoms with Crippen LogP contribution in [-0.4, -0.2) is 51.4 Å². The Balaban J connectivity index is 1.84. The van der Waals surface area contributed by atoms with Gasteiger partial charge in [0.15, 0.2) is 0 Å². The number of halogens is 2. The minimum Gasteiger partial charge on any atom is -0.497 e. The Morgan fingerprint density at radius 1 is 0.889 bits per heavy atom. The van der Waals surface area contributed by atoms with E-state index >= 15 is 0 Å². The lowest BCUT2D eigenvalue weighted by molar-refractivity contribution is -0.140. The molecule has 1 N–H and O–H groups in total. The summed E-state index contributed by atoms with van der Waals surface area (Å²) in [5.41, 5.74) is 2.35. The molecule has 0 fully saturated rings. The molecule has 0 aliphatic carbocycles. The van der Waals surface area contributed by atoms with Gasteiger partial charge in [0.05, 0.1) is 17.7 Å². The van der Waals surface area contributed by atoms with Crippen LogP contribution in [0, 0.1) is 6.92 Å². The van der Waals surface area contributed by atoms with Crippen molar-refractivity contribution in [3.63, 3.8) is 0 Å². The predicted octanol–water partition coefficient (Wildman–Crippen LogP) is 6.28. The third kappa shape index (κ3) is 8.36. The predicted molar refractivity (Wildman–Crippen MR) is 178 cm³/mol. The van der Waals surface area contributed by atoms with E-state index in [1.165, 1.54) is 24.1 Å². The number of sulfonamides is 1. The maximum atomic E-state index is 14.5. The summed E-state index contributed by atoms with van der Waals surface area (Å²) in [6.07, 6.45) is 0.171. The van der Waals surface area contributed by atoms with Crippen LogP contribution < -0.4 is 14.4 Å². The summed E-state index contributed by atoms with van der Waals surface area (Å²) in [5, 5.41) is 3.45. The van der Waals surface area contributed by atoms with Crippen molar-refractivity contribution in [1.29, 1.82) is 0 Å². The minimum atomic E-state index is -4.25. The van der Waals surface area contributed by atoms with E-state index in [2.05, 4.69) is 5.32 Å². The summed E-state index contributed by atoms with van der Waals surface area (Å²) in [6.45, 7) is 3.22. The Hall–Kier alpha value is -4.05. The molecule has 0 bridgehead atoms. The molecule has 11 heteroatoms. The van der Waals surface area contributed by atoms with E-state index < -0.39 is 34.4 Å². The van der Waals surface area contributed by atoms with Crippen LogP contribution in [-0.2, 0) is 32.6 Å². The average molecular weight is 669 g/mol. The molecule has 0 spiro atoms. The lowest BCUT2D eigenvalue weighted by Crippen LogP contribution is -2.53. The van der Waals surface area contributed by atoms with Gasteiger partial charge in [-0.2, -0.15) is 0 Å². The zero-order chi connectivity index (χ0) is 32.6. The van der Waals surface area contributed by atoms with Gasteiger partial charge in [0, 0.05) is 41.2 Å². The van der Waals surface area contributed by atoms with Crippen LogP contribution in [0.4, 0.5) is 5.69 Å². The lowest BCUT2D eigenvalue weighted by atomic mass is 10.0. The van der Waals surface area contributed by atoms with E-state index in [-0.39, 0.29) is 23.5 Å². The number of methoxy groups -OCH3 is 1. The first-order valence-corrected chi connectivity index (χ1v) is 16.5. The highest BCUT2D eigenvalue weighted by atomic mass is 35.5. The molecule has 0 aliphatic heterocycles. The van der Waals surface area contributed by atoms with E-state index in [0.29, 0.717) is 27.9 Å². The number of aryl methyl sites for hydroxylation is 1. The average Bonchev–Trinajstić information content (AvgIpc) is 3.03. The number of benzene rings is 4. The number of rotatable bonds is 13. The second-order valence-corrected chi connectivity index (χ2v) is 13.0. The number of hydrogen-bond donors (Lipinski definition) is 1. The molecule has 236 valence electrons. The first-order chi connectivity index (χ1) is 21.5. The van der Waals surface area contributed by atoms with Crippen molar-refractivity contribution < 1.29 is 22.7 Å². The zero-order valence-corrected chi connectivity index (χ0v) is 27.6. The van der Waals surface area contributed by atoms with E-state index in [9.17, 15) is 18.0 Å². The summed E-state index contributed by atoms with van der Waals surface area (Å²) in [5.74, 6) is -0.614. The van der Waals surface area contributed by atoms with Gasteiger partial charge < -0.3 is 15.0 Å². The number of anilines is 1. The maximum Gasteiger partial charge on any atom is 0.264 e. The van der Waals surface area contributed by atoms with Gasteiger partial charge in [-0.1, -0.05) is 83.4 Å². The maximum absolute atomic E-state index is 14.5. The smallest absolute Gasteiger partial charge is 0.264 e. The van der Waals surface area contributed by atoms with Crippen LogP contribution in [0.3, 0.4) is 0 Å². The summed E-state index contributed by atoms with van der Waals surface area (Å²) in [4.78, 5) is 29.5. The van der Waals surface area contributed by atoms with Gasteiger partial charge in [-0.05, 0) is 55.8 Å². The molecule has 0 saturated heterocycles. The molecule has 0 saturated carbocycles. The quantitative estimate of drug-likeness (QED) is 0.181. The van der Waals surface area contributed by atoms with E-state index in [1.807, 2.05) is 37.3 Å². The van der Waals surface area contributed by atoms with Crippen LogP contribution in [0.25, 0.3) is 0 Å². The molecule has 0 aliphatic rings. The fraction of sp³-hybridized carbons (Fsp3) is 0.235. The monoisotopic (exact) mass is 667 g/mol. The summed E-state index contributed by atoms with van der Waals surface area (Å²) in [6, 6.07) is 26.1. The lowest BCUT2D eigenvalue weighted by Gasteiger charge is -2.34. The van der Waals surface area contributed by atoms with Crippen LogP contribution in [0.5, 0.6) is 5.75 Å². The van der Waals surface area contributed by atoms with E-state index in [1.54, 1.807) is 61.5 Å². The van der Waals surface area contributed by atoms with Gasteiger partial charge in [-0.15, -0.1) is 0 Å². The molecule has 4 aromatic carbocycles. The van der Waals surface area contributed by atoms with Crippen molar-refractivity contribution in [2.24, 2.45) is 0 Å². The van der Waals surface area contributed by atoms with Gasteiger partial charge in [0.2, 0.25) is 11.8 Å². The fourth-order valence-electron chi connectivity index (χ4n) is 4.83. The van der Waals surface area contributed by atoms with Crippen LogP contribution in [0.15, 0.2) is 102 Å². The van der Waals surface area contributed by atoms with Crippen LogP contribution in [0.1, 0.15) is 23.6 Å². The molecule has 1 atom stereocenters. The number of nitrogens with zero attached hydrogens (tertiary/aromatic N) is 2. The van der Waals surface area contributed by atoms with Crippen molar-refractivity contribution in [3.8, 4) is 5.75 Å². The largest absolute Gasteiger partial charge is 0.497 e. The Labute approximate surface area is 274 Å². The number of ether oxygens (including phenoxy) is 1. The summed E-state index contributed by atoms with van der Waals surface area (Å²) >= 11 is 13.1. The molecular formula is C34H35Cl2N3O5S. The molecule has 0 aromatic heterocycles. The first kappa shape index (κ1) is 33.8. The SMILES string of the molecule is CCNC(=O)[C@H](Cc1ccccc1)N(Cc1c(Cl)cccc1Cl)C(=O)CN(c1cccc(OC)c1)S(=O)(=O)c1ccc(C)cc1. The van der Waals surface area contributed by atoms with Gasteiger partial charge in [0.25, 0.3) is 10.0 Å². The molecule has 45 heavy (non-hydrogen) atoms.